The number of nitrogens with one attached hydrogen (secondary N) is 1. The van der Waals surface area contributed by atoms with Gasteiger partial charge in [0.25, 0.3) is 0 Å². The fourth-order valence-corrected chi connectivity index (χ4v) is 6.36. The lowest BCUT2D eigenvalue weighted by atomic mass is 10.0. The zero-order valence-electron chi connectivity index (χ0n) is 23.7. The van der Waals surface area contributed by atoms with Gasteiger partial charge in [0, 0.05) is 48.4 Å². The van der Waals surface area contributed by atoms with Crippen LogP contribution in [0, 0.1) is 25.1 Å². The number of amides is 2. The van der Waals surface area contributed by atoms with Crippen molar-refractivity contribution in [3.8, 4) is 11.1 Å². The summed E-state index contributed by atoms with van der Waals surface area (Å²) < 4.78 is 15.9. The number of piperidine rings is 1. The Morgan fingerprint density at radius 1 is 1.12 bits per heavy atom. The molecule has 1 saturated carbocycles. The molecule has 4 aromatic rings. The number of fused-ring (bicyclic) bond motifs is 2. The van der Waals surface area contributed by atoms with Gasteiger partial charge in [-0.2, -0.15) is 5.10 Å². The lowest BCUT2D eigenvalue weighted by molar-refractivity contribution is -0.140. The van der Waals surface area contributed by atoms with Gasteiger partial charge in [-0.15, -0.1) is 0 Å². The summed E-state index contributed by atoms with van der Waals surface area (Å²) in [6, 6.07) is 7.72. The molecule has 3 atom stereocenters. The lowest BCUT2D eigenvalue weighted by Crippen LogP contribution is -2.48. The molecule has 6 rings (SSSR count). The number of carbonyl (C=O) groups excluding carboxylic acids is 3. The number of ketones is 1. The van der Waals surface area contributed by atoms with E-state index in [0.717, 1.165) is 23.1 Å². The summed E-state index contributed by atoms with van der Waals surface area (Å²) >= 11 is 5.88. The van der Waals surface area contributed by atoms with Crippen LogP contribution in [0.15, 0.2) is 42.7 Å². The second kappa shape index (κ2) is 10.3. The molecule has 216 valence electrons. The van der Waals surface area contributed by atoms with E-state index in [4.69, 9.17) is 11.6 Å². The van der Waals surface area contributed by atoms with Crippen molar-refractivity contribution in [1.82, 2.24) is 30.0 Å². The number of likely N-dealkylation sites (tertiary alicyclic amines) is 1. The first-order valence-corrected chi connectivity index (χ1v) is 14.2. The summed E-state index contributed by atoms with van der Waals surface area (Å²) in [5, 5.41) is 7.98. The van der Waals surface area contributed by atoms with E-state index in [-0.39, 0.29) is 58.4 Å². The van der Waals surface area contributed by atoms with Crippen LogP contribution in [0.1, 0.15) is 54.1 Å². The van der Waals surface area contributed by atoms with E-state index in [9.17, 15) is 18.8 Å². The Bertz CT molecular complexity index is 1770. The van der Waals surface area contributed by atoms with Crippen LogP contribution in [0.2, 0.25) is 5.02 Å². The van der Waals surface area contributed by atoms with Crippen LogP contribution in [0.4, 0.5) is 4.39 Å². The molecule has 2 aromatic heterocycles. The Labute approximate surface area is 247 Å². The number of benzene rings is 2. The largest absolute Gasteiger partial charge is 0.350 e. The average molecular weight is 589 g/mol. The number of halogens is 2. The van der Waals surface area contributed by atoms with Crippen LogP contribution in [0.25, 0.3) is 22.0 Å². The van der Waals surface area contributed by atoms with Gasteiger partial charge in [-0.05, 0) is 61.4 Å². The molecular weight excluding hydrogens is 559 g/mol. The molecule has 9 nitrogen and oxygen atoms in total. The Morgan fingerprint density at radius 3 is 2.57 bits per heavy atom. The highest BCUT2D eigenvalue weighted by atomic mass is 35.5. The highest BCUT2D eigenvalue weighted by molar-refractivity contribution is 6.30. The molecule has 0 unspecified atom stereocenters. The summed E-state index contributed by atoms with van der Waals surface area (Å²) in [6.45, 7) is 7.07. The van der Waals surface area contributed by atoms with Gasteiger partial charge in [0.15, 0.2) is 5.78 Å². The van der Waals surface area contributed by atoms with Crippen LogP contribution in [-0.4, -0.2) is 54.3 Å². The minimum Gasteiger partial charge on any atom is -0.350 e. The van der Waals surface area contributed by atoms with E-state index in [2.05, 4.69) is 27.3 Å². The molecule has 2 aliphatic rings. The predicted octanol–water partition coefficient (Wildman–Crippen LogP) is 4.80. The monoisotopic (exact) mass is 588 g/mol. The zero-order chi connectivity index (χ0) is 29.9. The molecule has 3 heterocycles. The smallest absolute Gasteiger partial charge is 0.245 e. The Morgan fingerprint density at radius 2 is 1.86 bits per heavy atom. The van der Waals surface area contributed by atoms with Crippen LogP contribution in [-0.2, 0) is 22.7 Å². The average Bonchev–Trinajstić information content (AvgIpc) is 3.30. The molecular formula is C31H30ClFN6O3. The number of rotatable bonds is 7. The fraction of sp³-hybridized carbons (Fsp3) is 0.355. The highest BCUT2D eigenvalue weighted by Gasteiger charge is 2.64. The molecule has 1 aliphatic carbocycles. The van der Waals surface area contributed by atoms with Crippen molar-refractivity contribution in [1.29, 1.82) is 0 Å². The first kappa shape index (κ1) is 28.0. The summed E-state index contributed by atoms with van der Waals surface area (Å²) in [5.41, 5.74) is 3.57. The van der Waals surface area contributed by atoms with Gasteiger partial charge in [0.1, 0.15) is 29.9 Å². The number of nitrogens with zero attached hydrogens (tertiary/aromatic N) is 5. The van der Waals surface area contributed by atoms with Gasteiger partial charge in [-0.25, -0.2) is 14.4 Å². The predicted molar refractivity (Wildman–Crippen MR) is 155 cm³/mol. The van der Waals surface area contributed by atoms with Crippen molar-refractivity contribution in [3.63, 3.8) is 0 Å². The highest BCUT2D eigenvalue weighted by Crippen LogP contribution is 2.59. The third kappa shape index (κ3) is 4.83. The molecule has 1 saturated heterocycles. The molecule has 11 heteroatoms. The number of aromatic nitrogens is 4. The standard InChI is InChI=1S/C31H30ClFN6O3/c1-16-8-20(21-13-34-18(3)35-14-21)9-22-28(17(2)40)37-38(29(16)22)15-26(41)39-24(10-31(4)11-25(31)39)30(42)36-12-19-6-5-7-23(32)27(19)33/h5-9,13-14,24-25H,10-12,15H2,1-4H3,(H,36,42)/t24-,25+,31-/m0/s1. The normalized spacial score (nSPS) is 21.0. The van der Waals surface area contributed by atoms with Crippen LogP contribution < -0.4 is 5.32 Å². The molecule has 2 fully saturated rings. The van der Waals surface area contributed by atoms with Gasteiger partial charge in [0.2, 0.25) is 11.8 Å². The van der Waals surface area contributed by atoms with Crippen molar-refractivity contribution < 1.29 is 18.8 Å². The molecule has 1 aliphatic heterocycles. The number of hydrogen-bond acceptors (Lipinski definition) is 6. The van der Waals surface area contributed by atoms with E-state index in [1.54, 1.807) is 34.1 Å². The summed E-state index contributed by atoms with van der Waals surface area (Å²) in [6.07, 6.45) is 4.80. The van der Waals surface area contributed by atoms with Crippen LogP contribution in [0.5, 0.6) is 0 Å². The van der Waals surface area contributed by atoms with E-state index < -0.39 is 11.9 Å². The van der Waals surface area contributed by atoms with Gasteiger partial charge >= 0.3 is 0 Å². The van der Waals surface area contributed by atoms with E-state index in [1.807, 2.05) is 26.0 Å². The van der Waals surface area contributed by atoms with Crippen LogP contribution in [0.3, 0.4) is 0 Å². The summed E-state index contributed by atoms with van der Waals surface area (Å²) in [5.74, 6) is -0.736. The van der Waals surface area contributed by atoms with E-state index >= 15 is 0 Å². The zero-order valence-corrected chi connectivity index (χ0v) is 24.5. The Kier molecular flexibility index (Phi) is 6.84. The number of aryl methyl sites for hydroxylation is 2. The van der Waals surface area contributed by atoms with E-state index in [1.165, 1.54) is 13.0 Å². The SMILES string of the molecule is CC(=O)c1nn(CC(=O)N2[C@H](C(=O)NCc3cccc(Cl)c3F)C[C@@]3(C)C[C@@H]23)c2c(C)cc(-c3cnc(C)nc3)cc12. The minimum atomic E-state index is -0.688. The summed E-state index contributed by atoms with van der Waals surface area (Å²) in [7, 11) is 0. The summed E-state index contributed by atoms with van der Waals surface area (Å²) in [4.78, 5) is 50.0. The lowest BCUT2D eigenvalue weighted by Gasteiger charge is -2.27. The third-order valence-electron chi connectivity index (χ3n) is 8.48. The maximum Gasteiger partial charge on any atom is 0.245 e. The Hall–Kier alpha value is -4.18. The van der Waals surface area contributed by atoms with Crippen molar-refractivity contribution in [2.24, 2.45) is 5.41 Å². The third-order valence-corrected chi connectivity index (χ3v) is 8.77. The van der Waals surface area contributed by atoms with Crippen molar-refractivity contribution >= 4 is 40.1 Å². The van der Waals surface area contributed by atoms with Gasteiger partial charge in [-0.3, -0.25) is 19.1 Å². The van der Waals surface area contributed by atoms with Crippen molar-refractivity contribution in [2.75, 3.05) is 0 Å². The van der Waals surface area contributed by atoms with Crippen molar-refractivity contribution in [2.45, 2.75) is 65.7 Å². The first-order valence-electron chi connectivity index (χ1n) is 13.8. The van der Waals surface area contributed by atoms with Gasteiger partial charge < -0.3 is 10.2 Å². The second-order valence-electron chi connectivity index (χ2n) is 11.6. The van der Waals surface area contributed by atoms with Crippen LogP contribution >= 0.6 is 11.6 Å². The second-order valence-corrected chi connectivity index (χ2v) is 12.0. The maximum absolute atomic E-state index is 14.4. The molecule has 2 aromatic carbocycles. The number of Topliss-reactive ketones (excluding diaryl/α,β-unsaturated/α-hetero) is 1. The minimum absolute atomic E-state index is 0.0147. The molecule has 0 radical (unpaired) electrons. The molecule has 0 spiro atoms. The Balaban J connectivity index is 1.28. The topological polar surface area (TPSA) is 110 Å². The van der Waals surface area contributed by atoms with Gasteiger partial charge in [0.05, 0.1) is 10.5 Å². The first-order chi connectivity index (χ1) is 20.0. The quantitative estimate of drug-likeness (QED) is 0.311. The number of hydrogen-bond donors (Lipinski definition) is 1. The maximum atomic E-state index is 14.4. The molecule has 2 amide bonds. The van der Waals surface area contributed by atoms with Gasteiger partial charge in [-0.1, -0.05) is 30.7 Å². The molecule has 0 bridgehead atoms. The number of carbonyl (C=O) groups is 3. The fourth-order valence-electron chi connectivity index (χ4n) is 6.17. The molecule has 42 heavy (non-hydrogen) atoms. The van der Waals surface area contributed by atoms with Crippen molar-refractivity contribution in [3.05, 3.63) is 76.2 Å². The molecule has 1 N–H and O–H groups in total. The van der Waals surface area contributed by atoms with E-state index in [0.29, 0.717) is 23.1 Å².